The second kappa shape index (κ2) is 6.15. The van der Waals surface area contributed by atoms with Gasteiger partial charge in [0.1, 0.15) is 5.01 Å². The summed E-state index contributed by atoms with van der Waals surface area (Å²) in [6.07, 6.45) is 11.7. The summed E-state index contributed by atoms with van der Waals surface area (Å²) in [6, 6.07) is 0. The first kappa shape index (κ1) is 14.5. The monoisotopic (exact) mass is 292 g/mol. The van der Waals surface area contributed by atoms with Crippen LogP contribution in [0.15, 0.2) is 0 Å². The van der Waals surface area contributed by atoms with Gasteiger partial charge in [0.15, 0.2) is 0 Å². The van der Waals surface area contributed by atoms with Gasteiger partial charge in [-0.2, -0.15) is 0 Å². The topological polar surface area (TPSA) is 24.9 Å². The van der Waals surface area contributed by atoms with Gasteiger partial charge in [-0.1, -0.05) is 20.3 Å². The normalized spacial score (nSPS) is 29.6. The fraction of sp³-hybridized carbons (Fsp3) is 0.824. The molecular weight excluding hydrogens is 264 g/mol. The molecule has 0 aromatic carbocycles. The summed E-state index contributed by atoms with van der Waals surface area (Å²) in [5.74, 6) is 0.889. The molecule has 3 heteroatoms. The Bertz CT molecular complexity index is 430. The van der Waals surface area contributed by atoms with E-state index in [1.165, 1.54) is 68.5 Å². The smallest absolute Gasteiger partial charge is 0.113 e. The number of nitrogens with one attached hydrogen (secondary N) is 1. The number of aryl methyl sites for hydroxylation is 2. The highest BCUT2D eigenvalue weighted by molar-refractivity contribution is 7.11. The first-order chi connectivity index (χ1) is 9.77. The van der Waals surface area contributed by atoms with E-state index < -0.39 is 0 Å². The Balaban J connectivity index is 1.87. The van der Waals surface area contributed by atoms with Crippen molar-refractivity contribution in [3.8, 4) is 0 Å². The highest BCUT2D eigenvalue weighted by atomic mass is 32.1. The molecular formula is C17H28N2S. The lowest BCUT2D eigenvalue weighted by Gasteiger charge is -2.29. The fourth-order valence-corrected chi connectivity index (χ4v) is 5.20. The van der Waals surface area contributed by atoms with Crippen molar-refractivity contribution < 1.29 is 0 Å². The summed E-state index contributed by atoms with van der Waals surface area (Å²) in [5.41, 5.74) is 1.63. The van der Waals surface area contributed by atoms with E-state index in [9.17, 15) is 0 Å². The Morgan fingerprint density at radius 3 is 2.85 bits per heavy atom. The van der Waals surface area contributed by atoms with Crippen LogP contribution in [0, 0.1) is 5.92 Å². The maximum absolute atomic E-state index is 5.08. The zero-order valence-corrected chi connectivity index (χ0v) is 13.8. The van der Waals surface area contributed by atoms with Gasteiger partial charge in [0.2, 0.25) is 0 Å². The Hall–Kier alpha value is -0.410. The van der Waals surface area contributed by atoms with Gasteiger partial charge in [-0.05, 0) is 63.8 Å². The molecule has 0 saturated heterocycles. The molecule has 2 unspecified atom stereocenters. The second-order valence-electron chi connectivity index (χ2n) is 6.62. The highest BCUT2D eigenvalue weighted by Gasteiger charge is 2.42. The van der Waals surface area contributed by atoms with Crippen molar-refractivity contribution in [2.75, 3.05) is 6.54 Å². The maximum atomic E-state index is 5.08. The molecule has 1 aromatic rings. The predicted molar refractivity (Wildman–Crippen MR) is 86.4 cm³/mol. The highest BCUT2D eigenvalue weighted by Crippen LogP contribution is 2.45. The number of fused-ring (bicyclic) bond motifs is 1. The van der Waals surface area contributed by atoms with Crippen LogP contribution in [0.2, 0.25) is 0 Å². The summed E-state index contributed by atoms with van der Waals surface area (Å²) >= 11 is 2.02. The Morgan fingerprint density at radius 2 is 2.15 bits per heavy atom. The molecule has 1 heterocycles. The minimum absolute atomic E-state index is 0.207. The molecule has 1 fully saturated rings. The number of aromatic nitrogens is 1. The zero-order valence-electron chi connectivity index (χ0n) is 13.0. The molecule has 2 nitrogen and oxygen atoms in total. The Kier molecular flexibility index (Phi) is 4.46. The van der Waals surface area contributed by atoms with Crippen molar-refractivity contribution in [1.29, 1.82) is 0 Å². The molecule has 3 rings (SSSR count). The molecule has 1 saturated carbocycles. The van der Waals surface area contributed by atoms with Gasteiger partial charge in [-0.3, -0.25) is 0 Å². The molecule has 0 bridgehead atoms. The van der Waals surface area contributed by atoms with Gasteiger partial charge in [0, 0.05) is 4.88 Å². The lowest BCUT2D eigenvalue weighted by molar-refractivity contribution is 0.324. The lowest BCUT2D eigenvalue weighted by atomic mass is 9.95. The van der Waals surface area contributed by atoms with Crippen molar-refractivity contribution in [3.63, 3.8) is 0 Å². The van der Waals surface area contributed by atoms with E-state index in [-0.39, 0.29) is 5.54 Å². The third-order valence-electron chi connectivity index (χ3n) is 5.16. The summed E-state index contributed by atoms with van der Waals surface area (Å²) in [5, 5.41) is 5.29. The molecule has 1 aromatic heterocycles. The fourth-order valence-electron chi connectivity index (χ4n) is 3.85. The molecule has 2 aliphatic rings. The number of thiazole rings is 1. The molecule has 20 heavy (non-hydrogen) atoms. The molecule has 0 radical (unpaired) electrons. The molecule has 2 atom stereocenters. The molecule has 1 N–H and O–H groups in total. The maximum Gasteiger partial charge on any atom is 0.113 e. The first-order valence-corrected chi connectivity index (χ1v) is 9.33. The SMILES string of the molecule is CCCNC1(c2nc3c(s2)CCCC3)CCC(CC)C1. The van der Waals surface area contributed by atoms with Crippen molar-refractivity contribution in [3.05, 3.63) is 15.6 Å². The van der Waals surface area contributed by atoms with E-state index >= 15 is 0 Å². The van der Waals surface area contributed by atoms with Crippen LogP contribution in [0.1, 0.15) is 74.4 Å². The molecule has 0 spiro atoms. The Morgan fingerprint density at radius 1 is 1.30 bits per heavy atom. The minimum atomic E-state index is 0.207. The van der Waals surface area contributed by atoms with E-state index in [2.05, 4.69) is 19.2 Å². The van der Waals surface area contributed by atoms with Crippen LogP contribution in [0.3, 0.4) is 0 Å². The summed E-state index contributed by atoms with van der Waals surface area (Å²) in [4.78, 5) is 6.67. The molecule has 2 aliphatic carbocycles. The van der Waals surface area contributed by atoms with Crippen LogP contribution in [-0.4, -0.2) is 11.5 Å². The molecule has 0 aliphatic heterocycles. The zero-order chi connectivity index (χ0) is 14.0. The number of hydrogen-bond acceptors (Lipinski definition) is 3. The van der Waals surface area contributed by atoms with Crippen molar-refractivity contribution >= 4 is 11.3 Å². The summed E-state index contributed by atoms with van der Waals surface area (Å²) in [7, 11) is 0. The third kappa shape index (κ3) is 2.67. The van der Waals surface area contributed by atoms with Gasteiger partial charge in [0.05, 0.1) is 11.2 Å². The van der Waals surface area contributed by atoms with E-state index in [0.29, 0.717) is 0 Å². The summed E-state index contributed by atoms with van der Waals surface area (Å²) in [6.45, 7) is 5.73. The van der Waals surface area contributed by atoms with Crippen molar-refractivity contribution in [2.24, 2.45) is 5.92 Å². The van der Waals surface area contributed by atoms with Crippen LogP contribution in [0.5, 0.6) is 0 Å². The number of nitrogens with zero attached hydrogens (tertiary/aromatic N) is 1. The Labute approximate surface area is 127 Å². The lowest BCUT2D eigenvalue weighted by Crippen LogP contribution is -2.40. The predicted octanol–water partition coefficient (Wildman–Crippen LogP) is 4.43. The van der Waals surface area contributed by atoms with Gasteiger partial charge < -0.3 is 5.32 Å². The average molecular weight is 292 g/mol. The molecule has 112 valence electrons. The van der Waals surface area contributed by atoms with E-state index in [4.69, 9.17) is 4.98 Å². The average Bonchev–Trinajstić information content (AvgIpc) is 3.09. The number of rotatable bonds is 5. The largest absolute Gasteiger partial charge is 0.305 e. The standard InChI is InChI=1S/C17H28N2S/c1-3-11-18-17(10-9-13(4-2)12-17)16-19-14-7-5-6-8-15(14)20-16/h13,18H,3-12H2,1-2H3. The second-order valence-corrected chi connectivity index (χ2v) is 7.71. The quantitative estimate of drug-likeness (QED) is 0.868. The van der Waals surface area contributed by atoms with Gasteiger partial charge in [-0.25, -0.2) is 4.98 Å². The van der Waals surface area contributed by atoms with E-state index in [1.54, 1.807) is 4.88 Å². The van der Waals surface area contributed by atoms with Gasteiger partial charge in [0.25, 0.3) is 0 Å². The van der Waals surface area contributed by atoms with E-state index in [1.807, 2.05) is 11.3 Å². The van der Waals surface area contributed by atoms with Crippen LogP contribution in [0.4, 0.5) is 0 Å². The van der Waals surface area contributed by atoms with E-state index in [0.717, 1.165) is 12.5 Å². The van der Waals surface area contributed by atoms with Crippen molar-refractivity contribution in [1.82, 2.24) is 10.3 Å². The van der Waals surface area contributed by atoms with Crippen LogP contribution >= 0.6 is 11.3 Å². The summed E-state index contributed by atoms with van der Waals surface area (Å²) < 4.78 is 0. The van der Waals surface area contributed by atoms with Gasteiger partial charge in [-0.15, -0.1) is 11.3 Å². The van der Waals surface area contributed by atoms with Crippen LogP contribution in [0.25, 0.3) is 0 Å². The van der Waals surface area contributed by atoms with Crippen LogP contribution < -0.4 is 5.32 Å². The third-order valence-corrected chi connectivity index (χ3v) is 6.52. The van der Waals surface area contributed by atoms with Crippen LogP contribution in [-0.2, 0) is 18.4 Å². The number of hydrogen-bond donors (Lipinski definition) is 1. The first-order valence-electron chi connectivity index (χ1n) is 8.51. The van der Waals surface area contributed by atoms with Gasteiger partial charge >= 0.3 is 0 Å². The molecule has 0 amide bonds. The van der Waals surface area contributed by atoms with Crippen molar-refractivity contribution in [2.45, 2.75) is 77.2 Å². The minimum Gasteiger partial charge on any atom is -0.305 e.